The number of hydrogen-bond acceptors (Lipinski definition) is 7. The van der Waals surface area contributed by atoms with Crippen molar-refractivity contribution in [2.45, 2.75) is 56.8 Å². The van der Waals surface area contributed by atoms with Crippen molar-refractivity contribution < 1.29 is 24.3 Å². The van der Waals surface area contributed by atoms with Gasteiger partial charge in [0.05, 0.1) is 6.04 Å². The molecule has 0 bridgehead atoms. The molecule has 0 aliphatic heterocycles. The monoisotopic (exact) mass is 467 g/mol. The van der Waals surface area contributed by atoms with Crippen LogP contribution in [0.3, 0.4) is 0 Å². The minimum absolute atomic E-state index is 0.0984. The van der Waals surface area contributed by atoms with Crippen molar-refractivity contribution >= 4 is 36.3 Å². The van der Waals surface area contributed by atoms with Crippen LogP contribution in [0.2, 0.25) is 0 Å². The van der Waals surface area contributed by atoms with E-state index in [9.17, 15) is 19.2 Å². The van der Waals surface area contributed by atoms with Gasteiger partial charge in [-0.15, -0.1) is 0 Å². The molecule has 0 saturated heterocycles. The summed E-state index contributed by atoms with van der Waals surface area (Å²) in [5, 5.41) is 16.5. The summed E-state index contributed by atoms with van der Waals surface area (Å²) in [6.45, 7) is 1.86. The number of amides is 3. The first-order valence-electron chi connectivity index (χ1n) is 10.4. The van der Waals surface area contributed by atoms with E-state index in [1.807, 2.05) is 30.3 Å². The molecule has 4 atom stereocenters. The van der Waals surface area contributed by atoms with Gasteiger partial charge in [0.2, 0.25) is 17.7 Å². The van der Waals surface area contributed by atoms with Crippen molar-refractivity contribution in [1.82, 2.24) is 16.0 Å². The maximum absolute atomic E-state index is 12.7. The maximum Gasteiger partial charge on any atom is 0.327 e. The van der Waals surface area contributed by atoms with Crippen molar-refractivity contribution in [3.63, 3.8) is 0 Å². The van der Waals surface area contributed by atoms with Gasteiger partial charge in [0, 0.05) is 5.75 Å². The topological polar surface area (TPSA) is 177 Å². The minimum atomic E-state index is -1.23. The number of nitrogens with one attached hydrogen (secondary N) is 3. The number of hydrogen-bond donors (Lipinski definition) is 7. The first-order chi connectivity index (χ1) is 15.2. The normalized spacial score (nSPS) is 14.5. The lowest BCUT2D eigenvalue weighted by Gasteiger charge is -2.23. The van der Waals surface area contributed by atoms with Crippen LogP contribution < -0.4 is 27.4 Å². The van der Waals surface area contributed by atoms with Gasteiger partial charge >= 0.3 is 5.97 Å². The van der Waals surface area contributed by atoms with E-state index in [1.165, 1.54) is 6.92 Å². The Morgan fingerprint density at radius 1 is 0.969 bits per heavy atom. The summed E-state index contributed by atoms with van der Waals surface area (Å²) in [6, 6.07) is 5.30. The molecular formula is C21H33N5O5S. The molecule has 0 aliphatic carbocycles. The third-order valence-electron chi connectivity index (χ3n) is 4.76. The van der Waals surface area contributed by atoms with E-state index in [0.717, 1.165) is 5.56 Å². The molecule has 8 N–H and O–H groups in total. The summed E-state index contributed by atoms with van der Waals surface area (Å²) in [7, 11) is 0. The molecule has 32 heavy (non-hydrogen) atoms. The molecule has 0 radical (unpaired) electrons. The van der Waals surface area contributed by atoms with Gasteiger partial charge in [-0.3, -0.25) is 14.4 Å². The van der Waals surface area contributed by atoms with E-state index >= 15 is 0 Å². The number of carbonyl (C=O) groups is 4. The summed E-state index contributed by atoms with van der Waals surface area (Å²) in [5.41, 5.74) is 12.4. The van der Waals surface area contributed by atoms with E-state index in [4.69, 9.17) is 16.6 Å². The van der Waals surface area contributed by atoms with E-state index in [1.54, 1.807) is 0 Å². The number of thiol groups is 1. The smallest absolute Gasteiger partial charge is 0.327 e. The largest absolute Gasteiger partial charge is 0.480 e. The van der Waals surface area contributed by atoms with Crippen molar-refractivity contribution in [2.24, 2.45) is 11.5 Å². The number of benzene rings is 1. The van der Waals surface area contributed by atoms with Gasteiger partial charge in [-0.2, -0.15) is 12.6 Å². The van der Waals surface area contributed by atoms with Gasteiger partial charge in [-0.25, -0.2) is 4.79 Å². The molecule has 1 aromatic carbocycles. The van der Waals surface area contributed by atoms with Crippen LogP contribution in [-0.4, -0.2) is 65.3 Å². The van der Waals surface area contributed by atoms with E-state index in [2.05, 4.69) is 28.6 Å². The second-order valence-electron chi connectivity index (χ2n) is 7.45. The highest BCUT2D eigenvalue weighted by molar-refractivity contribution is 7.80. The first kappa shape index (κ1) is 27.4. The molecule has 1 rings (SSSR count). The molecule has 0 spiro atoms. The van der Waals surface area contributed by atoms with E-state index < -0.39 is 47.9 Å². The van der Waals surface area contributed by atoms with Crippen molar-refractivity contribution in [1.29, 1.82) is 0 Å². The van der Waals surface area contributed by atoms with E-state index in [0.29, 0.717) is 32.2 Å². The zero-order valence-corrected chi connectivity index (χ0v) is 19.0. The fraction of sp³-hybridized carbons (Fsp3) is 0.524. The molecule has 11 heteroatoms. The summed E-state index contributed by atoms with van der Waals surface area (Å²) in [5.74, 6) is -3.06. The number of carbonyl (C=O) groups excluding carboxylic acids is 3. The number of rotatable bonds is 14. The van der Waals surface area contributed by atoms with Crippen molar-refractivity contribution in [3.05, 3.63) is 35.9 Å². The molecule has 0 aliphatic rings. The SMILES string of the molecule is CC(NC(=O)C(CCCCN)NC(=O)C(N)Cc1ccccc1)C(=O)NC(CS)C(=O)O. The predicted molar refractivity (Wildman–Crippen MR) is 124 cm³/mol. The van der Waals surface area contributed by atoms with Crippen LogP contribution in [0.5, 0.6) is 0 Å². The van der Waals surface area contributed by atoms with E-state index in [-0.39, 0.29) is 5.75 Å². The summed E-state index contributed by atoms with van der Waals surface area (Å²) in [4.78, 5) is 48.6. The number of aliphatic carboxylic acids is 1. The Hall–Kier alpha value is -2.63. The average Bonchev–Trinajstić information content (AvgIpc) is 2.76. The highest BCUT2D eigenvalue weighted by Gasteiger charge is 2.27. The summed E-state index contributed by atoms with van der Waals surface area (Å²) >= 11 is 3.89. The molecule has 3 amide bonds. The Morgan fingerprint density at radius 2 is 1.59 bits per heavy atom. The van der Waals surface area contributed by atoms with Crippen LogP contribution in [-0.2, 0) is 25.6 Å². The molecule has 4 unspecified atom stereocenters. The lowest BCUT2D eigenvalue weighted by Crippen LogP contribution is -2.56. The molecule has 178 valence electrons. The number of unbranched alkanes of at least 4 members (excludes halogenated alkanes) is 1. The van der Waals surface area contributed by atoms with Crippen LogP contribution in [0.1, 0.15) is 31.7 Å². The molecule has 0 heterocycles. The second-order valence-corrected chi connectivity index (χ2v) is 7.82. The third kappa shape index (κ3) is 9.67. The Labute approximate surface area is 193 Å². The molecule has 0 saturated carbocycles. The van der Waals surface area contributed by atoms with Gasteiger partial charge in [0.25, 0.3) is 0 Å². The zero-order chi connectivity index (χ0) is 24.1. The quantitative estimate of drug-likeness (QED) is 0.138. The predicted octanol–water partition coefficient (Wildman–Crippen LogP) is -0.826. The van der Waals surface area contributed by atoms with Gasteiger partial charge < -0.3 is 32.5 Å². The van der Waals surface area contributed by atoms with Gasteiger partial charge in [0.1, 0.15) is 18.1 Å². The van der Waals surface area contributed by atoms with Crippen LogP contribution in [0, 0.1) is 0 Å². The lowest BCUT2D eigenvalue weighted by atomic mass is 10.0. The van der Waals surface area contributed by atoms with Gasteiger partial charge in [-0.1, -0.05) is 30.3 Å². The third-order valence-corrected chi connectivity index (χ3v) is 5.13. The fourth-order valence-electron chi connectivity index (χ4n) is 2.86. The van der Waals surface area contributed by atoms with Gasteiger partial charge in [0.15, 0.2) is 0 Å². The summed E-state index contributed by atoms with van der Waals surface area (Å²) in [6.07, 6.45) is 1.87. The molecular weight excluding hydrogens is 434 g/mol. The van der Waals surface area contributed by atoms with Crippen molar-refractivity contribution in [2.75, 3.05) is 12.3 Å². The highest BCUT2D eigenvalue weighted by Crippen LogP contribution is 2.05. The maximum atomic E-state index is 12.7. The Kier molecular flexibility index (Phi) is 12.4. The Morgan fingerprint density at radius 3 is 2.16 bits per heavy atom. The molecule has 0 aromatic heterocycles. The van der Waals surface area contributed by atoms with Crippen LogP contribution >= 0.6 is 12.6 Å². The summed E-state index contributed by atoms with van der Waals surface area (Å²) < 4.78 is 0. The van der Waals surface area contributed by atoms with Gasteiger partial charge in [-0.05, 0) is 44.7 Å². The average molecular weight is 468 g/mol. The first-order valence-corrected chi connectivity index (χ1v) is 11.1. The highest BCUT2D eigenvalue weighted by atomic mass is 32.1. The van der Waals surface area contributed by atoms with Crippen molar-refractivity contribution in [3.8, 4) is 0 Å². The Bertz CT molecular complexity index is 764. The standard InChI is InChI=1S/C21H33N5O5S/c1-13(18(27)26-17(12-32)21(30)31)24-20(29)16(9-5-6-10-22)25-19(28)15(23)11-14-7-3-2-4-8-14/h2-4,7-8,13,15-17,32H,5-6,9-12,22-23H2,1H3,(H,24,29)(H,25,28)(H,26,27)(H,30,31). The fourth-order valence-corrected chi connectivity index (χ4v) is 3.11. The minimum Gasteiger partial charge on any atom is -0.480 e. The Balaban J connectivity index is 2.74. The van der Waals surface area contributed by atoms with Crippen LogP contribution in [0.4, 0.5) is 0 Å². The lowest BCUT2D eigenvalue weighted by molar-refractivity contribution is -0.141. The molecule has 1 aromatic rings. The molecule has 0 fully saturated rings. The number of carboxylic acids is 1. The number of carboxylic acid groups (broad SMARTS) is 1. The van der Waals surface area contributed by atoms with Crippen LogP contribution in [0.25, 0.3) is 0 Å². The number of nitrogens with two attached hydrogens (primary N) is 2. The zero-order valence-electron chi connectivity index (χ0n) is 18.1. The molecule has 10 nitrogen and oxygen atoms in total. The second kappa shape index (κ2) is 14.4. The van der Waals surface area contributed by atoms with Crippen LogP contribution in [0.15, 0.2) is 30.3 Å².